The van der Waals surface area contributed by atoms with E-state index in [4.69, 9.17) is 0 Å². The Morgan fingerprint density at radius 3 is 1.95 bits per heavy atom. The van der Waals surface area contributed by atoms with Gasteiger partial charge in [-0.05, 0) is 93.8 Å². The fourth-order valence-corrected chi connectivity index (χ4v) is 6.33. The molecule has 5 heterocycles. The molecule has 8 heteroatoms. The maximum atomic E-state index is 13.3. The summed E-state index contributed by atoms with van der Waals surface area (Å²) >= 11 is 0. The Labute approximate surface area is 222 Å². The van der Waals surface area contributed by atoms with Crippen LogP contribution in [-0.4, -0.2) is 62.8 Å². The van der Waals surface area contributed by atoms with Crippen molar-refractivity contribution in [3.8, 4) is 22.5 Å². The number of hydrogen-bond acceptors (Lipinski definition) is 5. The molecule has 194 valence electrons. The van der Waals surface area contributed by atoms with Crippen molar-refractivity contribution in [2.75, 3.05) is 32.1 Å². The van der Waals surface area contributed by atoms with Gasteiger partial charge in [0.05, 0.1) is 42.4 Å². The van der Waals surface area contributed by atoms with E-state index in [2.05, 4.69) is 62.0 Å². The zero-order chi connectivity index (χ0) is 25.8. The second kappa shape index (κ2) is 9.22. The number of rotatable bonds is 5. The molecule has 1 amide bonds. The maximum Gasteiger partial charge on any atom is 0.258 e. The number of carbonyl (C=O) groups excluding carboxylic acids is 1. The number of hydrogen-bond donors (Lipinski definition) is 2. The van der Waals surface area contributed by atoms with Crippen LogP contribution in [0.3, 0.4) is 0 Å². The number of carbonyl (C=O) groups is 1. The molecule has 2 atom stereocenters. The molecule has 4 aromatic rings. The Bertz CT molecular complexity index is 1490. The maximum absolute atomic E-state index is 13.3. The number of nitrogens with one attached hydrogen (secondary N) is 2. The summed E-state index contributed by atoms with van der Waals surface area (Å²) in [5.74, 6) is 2.10. The van der Waals surface area contributed by atoms with Crippen LogP contribution in [0.2, 0.25) is 0 Å². The van der Waals surface area contributed by atoms with Gasteiger partial charge in [-0.25, -0.2) is 9.97 Å². The number of benzene rings is 2. The zero-order valence-electron chi connectivity index (χ0n) is 21.9. The van der Waals surface area contributed by atoms with Crippen LogP contribution < -0.4 is 4.90 Å². The molecule has 2 saturated heterocycles. The monoisotopic (exact) mass is 507 g/mol. The Balaban J connectivity index is 1.08. The minimum atomic E-state index is 0.0466. The van der Waals surface area contributed by atoms with Crippen molar-refractivity contribution in [1.29, 1.82) is 0 Å². The highest BCUT2D eigenvalue weighted by molar-refractivity contribution is 6.10. The molecule has 3 aliphatic rings. The SMILES string of the molecule is CN1CCCC1c1ncc(-c2ccc(N3Cc4cc(-c5cnc(C6CCCN6C)[nH]5)ccc4C3=O)cc2)[nH]1. The van der Waals surface area contributed by atoms with Crippen LogP contribution in [0.4, 0.5) is 5.69 Å². The van der Waals surface area contributed by atoms with Crippen molar-refractivity contribution in [1.82, 2.24) is 29.7 Å². The van der Waals surface area contributed by atoms with E-state index in [0.717, 1.165) is 76.9 Å². The molecule has 2 unspecified atom stereocenters. The topological polar surface area (TPSA) is 84.2 Å². The highest BCUT2D eigenvalue weighted by atomic mass is 16.2. The van der Waals surface area contributed by atoms with Gasteiger partial charge in [0.2, 0.25) is 0 Å². The summed E-state index contributed by atoms with van der Waals surface area (Å²) in [6, 6.07) is 15.0. The van der Waals surface area contributed by atoms with Gasteiger partial charge in [-0.2, -0.15) is 0 Å². The number of fused-ring (bicyclic) bond motifs is 1. The van der Waals surface area contributed by atoms with Crippen LogP contribution in [0.25, 0.3) is 22.5 Å². The lowest BCUT2D eigenvalue weighted by molar-refractivity contribution is 0.0996. The Morgan fingerprint density at radius 1 is 0.789 bits per heavy atom. The standard InChI is InChI=1S/C30H33N7O/c1-35-13-3-5-26(35)28-31-16-24(33-28)19-7-10-22(11-8-19)37-18-21-15-20(9-12-23(21)30(37)38)25-17-32-29(34-25)27-6-4-14-36(27)2/h7-12,15-17,26-27H,3-6,13-14,18H2,1-2H3,(H,31,33)(H,32,34). The third kappa shape index (κ3) is 3.95. The third-order valence-corrected chi connectivity index (χ3v) is 8.57. The van der Waals surface area contributed by atoms with Crippen molar-refractivity contribution < 1.29 is 4.79 Å². The van der Waals surface area contributed by atoms with Gasteiger partial charge < -0.3 is 14.9 Å². The predicted molar refractivity (Wildman–Crippen MR) is 148 cm³/mol. The second-order valence-electron chi connectivity index (χ2n) is 11.0. The number of H-pyrrole nitrogens is 2. The molecule has 38 heavy (non-hydrogen) atoms. The highest BCUT2D eigenvalue weighted by Gasteiger charge is 2.30. The van der Waals surface area contributed by atoms with Crippen LogP contribution in [-0.2, 0) is 6.54 Å². The number of nitrogens with zero attached hydrogens (tertiary/aromatic N) is 5. The first-order valence-corrected chi connectivity index (χ1v) is 13.6. The van der Waals surface area contributed by atoms with Crippen LogP contribution >= 0.6 is 0 Å². The molecule has 0 spiro atoms. The number of aromatic nitrogens is 4. The Kier molecular flexibility index (Phi) is 5.67. The summed E-state index contributed by atoms with van der Waals surface area (Å²) in [7, 11) is 4.31. The predicted octanol–water partition coefficient (Wildman–Crippen LogP) is 5.16. The van der Waals surface area contributed by atoms with E-state index < -0.39 is 0 Å². The smallest absolute Gasteiger partial charge is 0.258 e. The van der Waals surface area contributed by atoms with E-state index in [1.807, 2.05) is 41.6 Å². The molecule has 2 N–H and O–H groups in total. The van der Waals surface area contributed by atoms with Gasteiger partial charge in [-0.1, -0.05) is 18.2 Å². The first-order valence-electron chi connectivity index (χ1n) is 13.6. The van der Waals surface area contributed by atoms with Gasteiger partial charge in [0.25, 0.3) is 5.91 Å². The van der Waals surface area contributed by atoms with Crippen LogP contribution in [0.1, 0.15) is 65.3 Å². The molecule has 2 aromatic heterocycles. The van der Waals surface area contributed by atoms with Gasteiger partial charge in [-0.3, -0.25) is 14.6 Å². The molecule has 2 fully saturated rings. The lowest BCUT2D eigenvalue weighted by atomic mass is 10.0. The number of likely N-dealkylation sites (tertiary alicyclic amines) is 2. The normalized spacial score (nSPS) is 22.1. The molecular formula is C30H33N7O. The summed E-state index contributed by atoms with van der Waals surface area (Å²) < 4.78 is 0. The molecule has 0 radical (unpaired) electrons. The van der Waals surface area contributed by atoms with Crippen molar-refractivity contribution in [2.24, 2.45) is 0 Å². The summed E-state index contributed by atoms with van der Waals surface area (Å²) in [4.78, 5) is 36.2. The largest absolute Gasteiger partial charge is 0.341 e. The Morgan fingerprint density at radius 2 is 1.37 bits per heavy atom. The third-order valence-electron chi connectivity index (χ3n) is 8.57. The average Bonchev–Trinajstić information content (AvgIpc) is 3.75. The Hall–Kier alpha value is -3.75. The molecule has 0 saturated carbocycles. The van der Waals surface area contributed by atoms with E-state index in [0.29, 0.717) is 18.6 Å². The van der Waals surface area contributed by atoms with Gasteiger partial charge in [0.15, 0.2) is 0 Å². The fraction of sp³-hybridized carbons (Fsp3) is 0.367. The average molecular weight is 508 g/mol. The molecule has 0 bridgehead atoms. The number of amides is 1. The van der Waals surface area contributed by atoms with E-state index in [9.17, 15) is 4.79 Å². The van der Waals surface area contributed by atoms with E-state index in [1.165, 1.54) is 12.8 Å². The van der Waals surface area contributed by atoms with Gasteiger partial charge in [0.1, 0.15) is 11.6 Å². The van der Waals surface area contributed by atoms with Crippen molar-refractivity contribution in [2.45, 2.75) is 44.3 Å². The molecule has 8 nitrogen and oxygen atoms in total. The van der Waals surface area contributed by atoms with Crippen molar-refractivity contribution >= 4 is 11.6 Å². The zero-order valence-corrected chi connectivity index (χ0v) is 21.9. The number of imidazole rings is 2. The number of anilines is 1. The second-order valence-corrected chi connectivity index (χ2v) is 11.0. The molecule has 7 rings (SSSR count). The van der Waals surface area contributed by atoms with Crippen molar-refractivity contribution in [3.05, 3.63) is 77.6 Å². The van der Waals surface area contributed by atoms with E-state index in [1.54, 1.807) is 0 Å². The van der Waals surface area contributed by atoms with Gasteiger partial charge >= 0.3 is 0 Å². The first-order chi connectivity index (χ1) is 18.5. The molecular weight excluding hydrogens is 474 g/mol. The lowest BCUT2D eigenvalue weighted by Crippen LogP contribution is -2.22. The lowest BCUT2D eigenvalue weighted by Gasteiger charge is -2.17. The molecule has 3 aliphatic heterocycles. The van der Waals surface area contributed by atoms with Gasteiger partial charge in [0, 0.05) is 11.3 Å². The molecule has 0 aliphatic carbocycles. The summed E-state index contributed by atoms with van der Waals surface area (Å²) in [5.41, 5.74) is 6.87. The van der Waals surface area contributed by atoms with E-state index in [-0.39, 0.29) is 5.91 Å². The first kappa shape index (κ1) is 23.4. The van der Waals surface area contributed by atoms with Crippen LogP contribution in [0.5, 0.6) is 0 Å². The summed E-state index contributed by atoms with van der Waals surface area (Å²) in [6.45, 7) is 2.79. The number of aromatic amines is 2. The molecule has 2 aromatic carbocycles. The summed E-state index contributed by atoms with van der Waals surface area (Å²) in [6.07, 6.45) is 8.52. The van der Waals surface area contributed by atoms with E-state index >= 15 is 0 Å². The fourth-order valence-electron chi connectivity index (χ4n) is 6.33. The minimum absolute atomic E-state index is 0.0466. The quantitative estimate of drug-likeness (QED) is 0.390. The summed E-state index contributed by atoms with van der Waals surface area (Å²) in [5, 5.41) is 0. The highest BCUT2D eigenvalue weighted by Crippen LogP contribution is 2.35. The van der Waals surface area contributed by atoms with Gasteiger partial charge in [-0.15, -0.1) is 0 Å². The van der Waals surface area contributed by atoms with Crippen LogP contribution in [0, 0.1) is 0 Å². The van der Waals surface area contributed by atoms with Crippen molar-refractivity contribution in [3.63, 3.8) is 0 Å². The minimum Gasteiger partial charge on any atom is -0.341 e. The van der Waals surface area contributed by atoms with Crippen LogP contribution in [0.15, 0.2) is 54.9 Å².